The van der Waals surface area contributed by atoms with Crippen molar-refractivity contribution in [1.82, 2.24) is 4.98 Å². The molecule has 0 amide bonds. The van der Waals surface area contributed by atoms with Crippen molar-refractivity contribution in [2.45, 2.75) is 38.2 Å². The highest BCUT2D eigenvalue weighted by Gasteiger charge is 2.20. The summed E-state index contributed by atoms with van der Waals surface area (Å²) in [6, 6.07) is 12.2. The Labute approximate surface area is 114 Å². The third-order valence-corrected chi connectivity index (χ3v) is 4.14. The van der Waals surface area contributed by atoms with Gasteiger partial charge in [-0.3, -0.25) is 4.98 Å². The second-order valence-corrected chi connectivity index (χ2v) is 5.40. The van der Waals surface area contributed by atoms with E-state index in [0.29, 0.717) is 0 Å². The quantitative estimate of drug-likeness (QED) is 0.904. The molecule has 1 aliphatic rings. The van der Waals surface area contributed by atoms with Crippen LogP contribution in [0.5, 0.6) is 0 Å². The van der Waals surface area contributed by atoms with Gasteiger partial charge in [-0.25, -0.2) is 0 Å². The second-order valence-electron chi connectivity index (χ2n) is 5.40. The zero-order valence-corrected chi connectivity index (χ0v) is 11.2. The lowest BCUT2D eigenvalue weighted by Gasteiger charge is -2.26. The van der Waals surface area contributed by atoms with Gasteiger partial charge in [0.1, 0.15) is 6.10 Å². The van der Waals surface area contributed by atoms with Gasteiger partial charge in [-0.1, -0.05) is 36.8 Å². The third kappa shape index (κ3) is 2.41. The average Bonchev–Trinajstić information content (AvgIpc) is 2.37. The van der Waals surface area contributed by atoms with E-state index in [0.717, 1.165) is 22.7 Å². The Kier molecular flexibility index (Phi) is 3.34. The number of pyridine rings is 1. The van der Waals surface area contributed by atoms with Crippen LogP contribution in [0.2, 0.25) is 0 Å². The number of hydrogen-bond acceptors (Lipinski definition) is 2. The van der Waals surface area contributed by atoms with Gasteiger partial charge in [0.15, 0.2) is 0 Å². The van der Waals surface area contributed by atoms with Crippen molar-refractivity contribution in [2.75, 3.05) is 0 Å². The smallest absolute Gasteiger partial charge is 0.121 e. The van der Waals surface area contributed by atoms with E-state index >= 15 is 0 Å². The number of aromatic nitrogens is 1. The summed E-state index contributed by atoms with van der Waals surface area (Å²) in [5, 5.41) is 10.4. The Bertz CT molecular complexity index is 558. The first-order valence-electron chi connectivity index (χ1n) is 6.95. The van der Waals surface area contributed by atoms with Crippen molar-refractivity contribution >= 4 is 0 Å². The molecule has 2 aromatic rings. The van der Waals surface area contributed by atoms with Gasteiger partial charge >= 0.3 is 0 Å². The zero-order valence-electron chi connectivity index (χ0n) is 11.2. The summed E-state index contributed by atoms with van der Waals surface area (Å²) in [5.74, 6) is 0.739. The van der Waals surface area contributed by atoms with Gasteiger partial charge in [-0.2, -0.15) is 0 Å². The Balaban J connectivity index is 1.83. The summed E-state index contributed by atoms with van der Waals surface area (Å²) >= 11 is 0. The lowest BCUT2D eigenvalue weighted by Crippen LogP contribution is -2.09. The van der Waals surface area contributed by atoms with Crippen LogP contribution in [0.25, 0.3) is 0 Å². The molecule has 2 heteroatoms. The van der Waals surface area contributed by atoms with Crippen molar-refractivity contribution in [3.05, 3.63) is 65.0 Å². The van der Waals surface area contributed by atoms with E-state index in [2.05, 4.69) is 17.1 Å². The maximum Gasteiger partial charge on any atom is 0.121 e. The largest absolute Gasteiger partial charge is 0.382 e. The van der Waals surface area contributed by atoms with Crippen LogP contribution in [0, 0.1) is 6.92 Å². The molecule has 1 N–H and O–H groups in total. The van der Waals surface area contributed by atoms with E-state index in [1.807, 2.05) is 31.2 Å². The topological polar surface area (TPSA) is 33.1 Å². The van der Waals surface area contributed by atoms with Gasteiger partial charge in [0, 0.05) is 6.20 Å². The van der Waals surface area contributed by atoms with E-state index < -0.39 is 6.10 Å². The van der Waals surface area contributed by atoms with Crippen LogP contribution in [0.4, 0.5) is 0 Å². The summed E-state index contributed by atoms with van der Waals surface area (Å²) in [5.41, 5.74) is 4.10. The van der Waals surface area contributed by atoms with Crippen LogP contribution in [-0.2, 0) is 0 Å². The fraction of sp³-hybridized carbons (Fsp3) is 0.353. The van der Waals surface area contributed by atoms with Crippen LogP contribution >= 0.6 is 0 Å². The SMILES string of the molecule is Cc1cccnc1C(O)c1ccc(C2CCC2)cc1. The van der Waals surface area contributed by atoms with E-state index in [-0.39, 0.29) is 0 Å². The Morgan fingerprint density at radius 3 is 2.47 bits per heavy atom. The first-order chi connectivity index (χ1) is 9.25. The molecule has 1 aliphatic carbocycles. The van der Waals surface area contributed by atoms with Crippen molar-refractivity contribution in [3.63, 3.8) is 0 Å². The van der Waals surface area contributed by atoms with Gasteiger partial charge in [0.05, 0.1) is 5.69 Å². The molecular weight excluding hydrogens is 234 g/mol. The number of aryl methyl sites for hydroxylation is 1. The Morgan fingerprint density at radius 1 is 1.16 bits per heavy atom. The van der Waals surface area contributed by atoms with Crippen LogP contribution < -0.4 is 0 Å². The van der Waals surface area contributed by atoms with Crippen LogP contribution in [-0.4, -0.2) is 10.1 Å². The number of rotatable bonds is 3. The monoisotopic (exact) mass is 253 g/mol. The molecule has 19 heavy (non-hydrogen) atoms. The molecule has 1 saturated carbocycles. The molecule has 0 spiro atoms. The van der Waals surface area contributed by atoms with E-state index in [1.54, 1.807) is 6.20 Å². The fourth-order valence-corrected chi connectivity index (χ4v) is 2.63. The fourth-order valence-electron chi connectivity index (χ4n) is 2.63. The second kappa shape index (κ2) is 5.14. The minimum atomic E-state index is -0.628. The molecule has 1 unspecified atom stereocenters. The lowest BCUT2D eigenvalue weighted by molar-refractivity contribution is 0.214. The first-order valence-corrected chi connectivity index (χ1v) is 6.95. The lowest BCUT2D eigenvalue weighted by atomic mass is 9.80. The van der Waals surface area contributed by atoms with E-state index in [9.17, 15) is 5.11 Å². The molecule has 1 fully saturated rings. The minimum Gasteiger partial charge on any atom is -0.382 e. The summed E-state index contributed by atoms with van der Waals surface area (Å²) in [7, 11) is 0. The van der Waals surface area contributed by atoms with Crippen molar-refractivity contribution < 1.29 is 5.11 Å². The number of aliphatic hydroxyl groups is 1. The summed E-state index contributed by atoms with van der Waals surface area (Å²) in [6.45, 7) is 1.98. The Hall–Kier alpha value is -1.67. The molecule has 1 heterocycles. The maximum atomic E-state index is 10.4. The van der Waals surface area contributed by atoms with Crippen molar-refractivity contribution in [1.29, 1.82) is 0 Å². The third-order valence-electron chi connectivity index (χ3n) is 4.14. The predicted octanol–water partition coefficient (Wildman–Crippen LogP) is 3.74. The molecule has 1 atom stereocenters. The molecule has 0 bridgehead atoms. The maximum absolute atomic E-state index is 10.4. The molecule has 1 aromatic heterocycles. The summed E-state index contributed by atoms with van der Waals surface area (Å²) in [4.78, 5) is 4.29. The minimum absolute atomic E-state index is 0.628. The highest BCUT2D eigenvalue weighted by Crippen LogP contribution is 2.36. The molecule has 2 nitrogen and oxygen atoms in total. The molecular formula is C17H19NO. The van der Waals surface area contributed by atoms with Crippen LogP contribution in [0.1, 0.15) is 53.7 Å². The van der Waals surface area contributed by atoms with Crippen molar-refractivity contribution in [3.8, 4) is 0 Å². The number of hydrogen-bond donors (Lipinski definition) is 1. The number of nitrogens with zero attached hydrogens (tertiary/aromatic N) is 1. The predicted molar refractivity (Wildman–Crippen MR) is 76.1 cm³/mol. The summed E-state index contributed by atoms with van der Waals surface area (Å²) < 4.78 is 0. The molecule has 0 saturated heterocycles. The molecule has 98 valence electrons. The van der Waals surface area contributed by atoms with Crippen LogP contribution in [0.15, 0.2) is 42.6 Å². The van der Waals surface area contributed by atoms with Gasteiger partial charge in [0.2, 0.25) is 0 Å². The van der Waals surface area contributed by atoms with E-state index in [4.69, 9.17) is 0 Å². The molecule has 1 aromatic carbocycles. The Morgan fingerprint density at radius 2 is 1.89 bits per heavy atom. The first kappa shape index (κ1) is 12.4. The van der Waals surface area contributed by atoms with Gasteiger partial charge < -0.3 is 5.11 Å². The summed E-state index contributed by atoms with van der Waals surface area (Å²) in [6.07, 6.45) is 5.07. The van der Waals surface area contributed by atoms with Gasteiger partial charge in [-0.05, 0) is 48.4 Å². The van der Waals surface area contributed by atoms with Gasteiger partial charge in [-0.15, -0.1) is 0 Å². The number of aliphatic hydroxyl groups excluding tert-OH is 1. The average molecular weight is 253 g/mol. The van der Waals surface area contributed by atoms with Gasteiger partial charge in [0.25, 0.3) is 0 Å². The molecule has 0 aliphatic heterocycles. The molecule has 0 radical (unpaired) electrons. The zero-order chi connectivity index (χ0) is 13.2. The normalized spacial score (nSPS) is 16.9. The standard InChI is InChI=1S/C17H19NO/c1-12-4-3-11-18-16(12)17(19)15-9-7-14(8-10-15)13-5-2-6-13/h3-4,7-11,13,17,19H,2,5-6H2,1H3. The molecule has 3 rings (SSSR count). The van der Waals surface area contributed by atoms with E-state index in [1.165, 1.54) is 24.8 Å². The number of benzene rings is 1. The highest BCUT2D eigenvalue weighted by molar-refractivity contribution is 5.33. The van der Waals surface area contributed by atoms with Crippen molar-refractivity contribution in [2.24, 2.45) is 0 Å². The highest BCUT2D eigenvalue weighted by atomic mass is 16.3. The van der Waals surface area contributed by atoms with Crippen LogP contribution in [0.3, 0.4) is 0 Å².